The van der Waals surface area contributed by atoms with Crippen LogP contribution in [0.25, 0.3) is 0 Å². The molecule has 1 heterocycles. The molecule has 0 bridgehead atoms. The number of H-pyrrole nitrogens is 1. The molecule has 0 radical (unpaired) electrons. The smallest absolute Gasteiger partial charge is 0.259 e. The fraction of sp³-hybridized carbons (Fsp3) is 0.200. The van der Waals surface area contributed by atoms with E-state index < -0.39 is 0 Å². The van der Waals surface area contributed by atoms with Crippen LogP contribution in [0.2, 0.25) is 0 Å². The molecule has 0 aliphatic rings. The van der Waals surface area contributed by atoms with Crippen LogP contribution in [0.5, 0.6) is 0 Å². The zero-order chi connectivity index (χ0) is 14.5. The first-order chi connectivity index (χ1) is 9.61. The lowest BCUT2D eigenvalue weighted by Gasteiger charge is -2.08. The van der Waals surface area contributed by atoms with Gasteiger partial charge in [-0.05, 0) is 31.5 Å². The molecule has 1 amide bonds. The number of carbonyl (C=O) groups excluding carboxylic acids is 1. The predicted octanol–water partition coefficient (Wildman–Crippen LogP) is 1.62. The molecule has 1 aromatic heterocycles. The second-order valence-corrected chi connectivity index (χ2v) is 4.35. The Morgan fingerprint density at radius 1 is 1.45 bits per heavy atom. The normalized spacial score (nSPS) is 9.75. The lowest BCUT2D eigenvalue weighted by Crippen LogP contribution is -2.13. The number of nitrogens with one attached hydrogen (secondary N) is 2. The molecule has 3 N–H and O–H groups in total. The van der Waals surface area contributed by atoms with E-state index in [2.05, 4.69) is 27.4 Å². The number of nitrogens with zero attached hydrogens (tertiary/aromatic N) is 1. The SMILES string of the molecule is Cc1ccc(C#CCO)cc1NC(=O)c1cn[nH]c1C. The summed E-state index contributed by atoms with van der Waals surface area (Å²) in [5.74, 6) is 5.17. The molecular formula is C15H15N3O2. The Balaban J connectivity index is 2.25. The standard InChI is InChI=1S/C15H15N3O2/c1-10-5-6-12(4-3-7-19)8-14(10)17-15(20)13-9-16-18-11(13)2/h5-6,8-9,19H,7H2,1-2H3,(H,16,18)(H,17,20). The van der Waals surface area contributed by atoms with Gasteiger partial charge in [0.05, 0.1) is 11.8 Å². The van der Waals surface area contributed by atoms with Gasteiger partial charge in [-0.15, -0.1) is 0 Å². The first-order valence-electron chi connectivity index (χ1n) is 6.13. The van der Waals surface area contributed by atoms with Crippen LogP contribution in [0, 0.1) is 25.7 Å². The van der Waals surface area contributed by atoms with Crippen molar-refractivity contribution < 1.29 is 9.90 Å². The van der Waals surface area contributed by atoms with E-state index in [1.807, 2.05) is 19.1 Å². The second kappa shape index (κ2) is 6.04. The molecule has 0 atom stereocenters. The molecule has 0 saturated carbocycles. The summed E-state index contributed by atoms with van der Waals surface area (Å²) in [6.45, 7) is 3.50. The zero-order valence-corrected chi connectivity index (χ0v) is 11.3. The van der Waals surface area contributed by atoms with Gasteiger partial charge < -0.3 is 10.4 Å². The van der Waals surface area contributed by atoms with Gasteiger partial charge in [-0.3, -0.25) is 9.89 Å². The van der Waals surface area contributed by atoms with Crippen molar-refractivity contribution in [2.45, 2.75) is 13.8 Å². The third-order valence-corrected chi connectivity index (χ3v) is 2.87. The highest BCUT2D eigenvalue weighted by Crippen LogP contribution is 2.18. The number of benzene rings is 1. The van der Waals surface area contributed by atoms with E-state index in [9.17, 15) is 4.79 Å². The van der Waals surface area contributed by atoms with Crippen molar-refractivity contribution in [2.24, 2.45) is 0 Å². The van der Waals surface area contributed by atoms with Crippen LogP contribution in [0.4, 0.5) is 5.69 Å². The van der Waals surface area contributed by atoms with Crippen molar-refractivity contribution >= 4 is 11.6 Å². The number of rotatable bonds is 2. The maximum Gasteiger partial charge on any atom is 0.259 e. The number of carbonyl (C=O) groups is 1. The van der Waals surface area contributed by atoms with Gasteiger partial charge >= 0.3 is 0 Å². The molecule has 0 unspecified atom stereocenters. The van der Waals surface area contributed by atoms with Crippen LogP contribution in [0.3, 0.4) is 0 Å². The van der Waals surface area contributed by atoms with E-state index in [1.165, 1.54) is 6.20 Å². The van der Waals surface area contributed by atoms with E-state index in [1.54, 1.807) is 13.0 Å². The summed E-state index contributed by atoms with van der Waals surface area (Å²) in [6, 6.07) is 5.50. The van der Waals surface area contributed by atoms with Crippen LogP contribution < -0.4 is 5.32 Å². The summed E-state index contributed by atoms with van der Waals surface area (Å²) in [5.41, 5.74) is 3.60. The summed E-state index contributed by atoms with van der Waals surface area (Å²) >= 11 is 0. The Morgan fingerprint density at radius 2 is 2.25 bits per heavy atom. The predicted molar refractivity (Wildman–Crippen MR) is 76.4 cm³/mol. The molecule has 0 spiro atoms. The van der Waals surface area contributed by atoms with Crippen molar-refractivity contribution in [3.05, 3.63) is 46.8 Å². The number of hydrogen-bond acceptors (Lipinski definition) is 3. The van der Waals surface area contributed by atoms with Gasteiger partial charge in [0.25, 0.3) is 5.91 Å². The maximum atomic E-state index is 12.1. The summed E-state index contributed by atoms with van der Waals surface area (Å²) in [5, 5.41) is 18.1. The molecule has 2 rings (SSSR count). The fourth-order valence-corrected chi connectivity index (χ4v) is 1.75. The van der Waals surface area contributed by atoms with E-state index in [0.29, 0.717) is 11.3 Å². The van der Waals surface area contributed by atoms with Gasteiger partial charge in [0.1, 0.15) is 6.61 Å². The van der Waals surface area contributed by atoms with E-state index in [-0.39, 0.29) is 12.5 Å². The molecule has 0 aliphatic heterocycles. The molecule has 5 nitrogen and oxygen atoms in total. The number of hydrogen-bond donors (Lipinski definition) is 3. The third kappa shape index (κ3) is 3.05. The Kier molecular flexibility index (Phi) is 4.18. The van der Waals surface area contributed by atoms with Gasteiger partial charge in [-0.2, -0.15) is 5.10 Å². The Bertz CT molecular complexity index is 693. The Hall–Kier alpha value is -2.58. The highest BCUT2D eigenvalue weighted by Gasteiger charge is 2.12. The van der Waals surface area contributed by atoms with Crippen molar-refractivity contribution in [3.63, 3.8) is 0 Å². The molecule has 0 saturated heterocycles. The van der Waals surface area contributed by atoms with Crippen LogP contribution in [0.1, 0.15) is 27.2 Å². The number of aryl methyl sites for hydroxylation is 2. The first kappa shape index (κ1) is 13.8. The monoisotopic (exact) mass is 269 g/mol. The van der Waals surface area contributed by atoms with Gasteiger partial charge in [0.15, 0.2) is 0 Å². The molecule has 5 heteroatoms. The van der Waals surface area contributed by atoms with Crippen molar-refractivity contribution in [1.29, 1.82) is 0 Å². The fourth-order valence-electron chi connectivity index (χ4n) is 1.75. The third-order valence-electron chi connectivity index (χ3n) is 2.87. The van der Waals surface area contributed by atoms with Gasteiger partial charge in [-0.1, -0.05) is 17.9 Å². The van der Waals surface area contributed by atoms with E-state index in [4.69, 9.17) is 5.11 Å². The van der Waals surface area contributed by atoms with Crippen molar-refractivity contribution in [2.75, 3.05) is 11.9 Å². The van der Waals surface area contributed by atoms with E-state index in [0.717, 1.165) is 16.8 Å². The number of aliphatic hydroxyl groups is 1. The highest BCUT2D eigenvalue weighted by atomic mass is 16.2. The number of anilines is 1. The topological polar surface area (TPSA) is 78.0 Å². The number of aliphatic hydroxyl groups excluding tert-OH is 1. The molecule has 2 aromatic rings. The number of amides is 1. The summed E-state index contributed by atoms with van der Waals surface area (Å²) in [7, 11) is 0. The zero-order valence-electron chi connectivity index (χ0n) is 11.3. The van der Waals surface area contributed by atoms with Gasteiger partial charge in [0.2, 0.25) is 0 Å². The summed E-state index contributed by atoms with van der Waals surface area (Å²) in [4.78, 5) is 12.1. The van der Waals surface area contributed by atoms with Gasteiger partial charge in [-0.25, -0.2) is 0 Å². The van der Waals surface area contributed by atoms with Crippen LogP contribution >= 0.6 is 0 Å². The largest absolute Gasteiger partial charge is 0.384 e. The second-order valence-electron chi connectivity index (χ2n) is 4.35. The first-order valence-corrected chi connectivity index (χ1v) is 6.13. The molecule has 1 aromatic carbocycles. The number of aromatic amines is 1. The lowest BCUT2D eigenvalue weighted by molar-refractivity contribution is 0.102. The minimum absolute atomic E-state index is 0.191. The molecular weight excluding hydrogens is 254 g/mol. The lowest BCUT2D eigenvalue weighted by atomic mass is 10.1. The summed E-state index contributed by atoms with van der Waals surface area (Å²) < 4.78 is 0. The average molecular weight is 269 g/mol. The quantitative estimate of drug-likeness (QED) is 0.725. The van der Waals surface area contributed by atoms with Crippen LogP contribution in [0.15, 0.2) is 24.4 Å². The highest BCUT2D eigenvalue weighted by molar-refractivity contribution is 6.05. The minimum atomic E-state index is -0.216. The van der Waals surface area contributed by atoms with Crippen LogP contribution in [-0.4, -0.2) is 27.8 Å². The molecule has 102 valence electrons. The van der Waals surface area contributed by atoms with E-state index >= 15 is 0 Å². The maximum absolute atomic E-state index is 12.1. The Morgan fingerprint density at radius 3 is 2.90 bits per heavy atom. The Labute approximate surface area is 117 Å². The molecule has 20 heavy (non-hydrogen) atoms. The molecule has 0 aliphatic carbocycles. The summed E-state index contributed by atoms with van der Waals surface area (Å²) in [6.07, 6.45) is 1.50. The van der Waals surface area contributed by atoms with Crippen LogP contribution in [-0.2, 0) is 0 Å². The minimum Gasteiger partial charge on any atom is -0.384 e. The van der Waals surface area contributed by atoms with Crippen molar-refractivity contribution in [1.82, 2.24) is 10.2 Å². The van der Waals surface area contributed by atoms with Gasteiger partial charge in [0, 0.05) is 16.9 Å². The number of aromatic nitrogens is 2. The van der Waals surface area contributed by atoms with Crippen molar-refractivity contribution in [3.8, 4) is 11.8 Å². The average Bonchev–Trinajstić information content (AvgIpc) is 2.86. The molecule has 0 fully saturated rings.